The highest BCUT2D eigenvalue weighted by atomic mass is 16.5. The van der Waals surface area contributed by atoms with Crippen molar-refractivity contribution in [1.29, 1.82) is 0 Å². The maximum atomic E-state index is 5.60. The Morgan fingerprint density at radius 2 is 2.04 bits per heavy atom. The molecular formula is C19H21N7O. The lowest BCUT2D eigenvalue weighted by Gasteiger charge is -2.22. The van der Waals surface area contributed by atoms with Crippen LogP contribution in [0, 0.1) is 0 Å². The van der Waals surface area contributed by atoms with Gasteiger partial charge in [0.15, 0.2) is 0 Å². The van der Waals surface area contributed by atoms with Crippen molar-refractivity contribution < 1.29 is 4.74 Å². The van der Waals surface area contributed by atoms with Crippen LogP contribution in [0.1, 0.15) is 32.1 Å². The average Bonchev–Trinajstić information content (AvgIpc) is 3.34. The summed E-state index contributed by atoms with van der Waals surface area (Å²) in [7, 11) is 1.64. The number of ether oxygens (including phenoxy) is 1. The zero-order chi connectivity index (χ0) is 18.2. The SMILES string of the molecule is COc1nc(NC2CCCCC2)nn2ccc(-c3cnc4nccn4c3)c12. The Morgan fingerprint density at radius 1 is 1.15 bits per heavy atom. The molecule has 0 amide bonds. The van der Waals surface area contributed by atoms with E-state index >= 15 is 0 Å². The molecule has 0 atom stereocenters. The lowest BCUT2D eigenvalue weighted by Crippen LogP contribution is -2.24. The van der Waals surface area contributed by atoms with Gasteiger partial charge in [-0.05, 0) is 18.9 Å². The molecule has 1 fully saturated rings. The van der Waals surface area contributed by atoms with Crippen LogP contribution in [-0.4, -0.2) is 42.1 Å². The zero-order valence-corrected chi connectivity index (χ0v) is 15.2. The number of hydrogen-bond acceptors (Lipinski definition) is 6. The van der Waals surface area contributed by atoms with Gasteiger partial charge in [-0.1, -0.05) is 19.3 Å². The van der Waals surface area contributed by atoms with Gasteiger partial charge in [0.25, 0.3) is 0 Å². The van der Waals surface area contributed by atoms with Gasteiger partial charge in [-0.3, -0.25) is 4.40 Å². The number of fused-ring (bicyclic) bond motifs is 2. The predicted molar refractivity (Wildman–Crippen MR) is 102 cm³/mol. The van der Waals surface area contributed by atoms with Crippen LogP contribution in [0.2, 0.25) is 0 Å². The highest BCUT2D eigenvalue weighted by Crippen LogP contribution is 2.31. The molecule has 138 valence electrons. The second-order valence-electron chi connectivity index (χ2n) is 6.92. The quantitative estimate of drug-likeness (QED) is 0.600. The minimum atomic E-state index is 0.434. The summed E-state index contributed by atoms with van der Waals surface area (Å²) in [4.78, 5) is 13.2. The number of hydrogen-bond donors (Lipinski definition) is 1. The lowest BCUT2D eigenvalue weighted by molar-refractivity contribution is 0.398. The molecule has 1 saturated carbocycles. The monoisotopic (exact) mass is 363 g/mol. The molecule has 0 aliphatic heterocycles. The number of imidazole rings is 1. The van der Waals surface area contributed by atoms with E-state index in [1.165, 1.54) is 19.3 Å². The number of nitrogens with zero attached hydrogens (tertiary/aromatic N) is 6. The van der Waals surface area contributed by atoms with E-state index in [2.05, 4.69) is 25.4 Å². The largest absolute Gasteiger partial charge is 0.479 e. The van der Waals surface area contributed by atoms with Crippen molar-refractivity contribution in [3.8, 4) is 17.0 Å². The van der Waals surface area contributed by atoms with Crippen molar-refractivity contribution in [3.05, 3.63) is 37.1 Å². The molecule has 1 aliphatic rings. The van der Waals surface area contributed by atoms with Crippen molar-refractivity contribution >= 4 is 17.2 Å². The van der Waals surface area contributed by atoms with E-state index in [-0.39, 0.29) is 0 Å². The van der Waals surface area contributed by atoms with E-state index < -0.39 is 0 Å². The summed E-state index contributed by atoms with van der Waals surface area (Å²) in [6.45, 7) is 0. The Labute approximate surface area is 156 Å². The Morgan fingerprint density at radius 3 is 2.89 bits per heavy atom. The van der Waals surface area contributed by atoms with E-state index in [9.17, 15) is 0 Å². The molecule has 1 aliphatic carbocycles. The van der Waals surface area contributed by atoms with Crippen LogP contribution in [-0.2, 0) is 0 Å². The van der Waals surface area contributed by atoms with Crippen LogP contribution >= 0.6 is 0 Å². The van der Waals surface area contributed by atoms with Gasteiger partial charge in [0, 0.05) is 48.2 Å². The maximum absolute atomic E-state index is 5.60. The summed E-state index contributed by atoms with van der Waals surface area (Å²) in [5.41, 5.74) is 2.75. The van der Waals surface area contributed by atoms with E-state index in [0.29, 0.717) is 23.6 Å². The first-order valence-corrected chi connectivity index (χ1v) is 9.31. The first kappa shape index (κ1) is 16.0. The molecule has 8 nitrogen and oxygen atoms in total. The first-order valence-electron chi connectivity index (χ1n) is 9.31. The second-order valence-corrected chi connectivity index (χ2v) is 6.92. The van der Waals surface area contributed by atoms with Crippen LogP contribution in [0.15, 0.2) is 37.1 Å². The molecule has 27 heavy (non-hydrogen) atoms. The number of aromatic nitrogens is 6. The molecule has 5 rings (SSSR count). The molecule has 0 aromatic carbocycles. The normalized spacial score (nSPS) is 15.4. The van der Waals surface area contributed by atoms with Crippen LogP contribution in [0.4, 0.5) is 5.95 Å². The minimum absolute atomic E-state index is 0.434. The third-order valence-corrected chi connectivity index (χ3v) is 5.17. The molecular weight excluding hydrogens is 342 g/mol. The van der Waals surface area contributed by atoms with Crippen molar-refractivity contribution in [3.63, 3.8) is 0 Å². The standard InChI is InChI=1S/C19H21N7O/c1-27-17-16-15(13-11-21-19-20-8-10-25(19)12-13)7-9-26(16)24-18(23-17)22-14-5-3-2-4-6-14/h7-12,14H,2-6H2,1H3,(H,22,24). The van der Waals surface area contributed by atoms with Gasteiger partial charge in [0.2, 0.25) is 17.6 Å². The summed E-state index contributed by atoms with van der Waals surface area (Å²) >= 11 is 0. The van der Waals surface area contributed by atoms with Crippen molar-refractivity contribution in [2.45, 2.75) is 38.1 Å². The fourth-order valence-electron chi connectivity index (χ4n) is 3.81. The molecule has 0 unspecified atom stereocenters. The van der Waals surface area contributed by atoms with Gasteiger partial charge in [-0.2, -0.15) is 4.98 Å². The first-order chi connectivity index (χ1) is 13.3. The molecule has 0 saturated heterocycles. The number of rotatable bonds is 4. The average molecular weight is 363 g/mol. The molecule has 0 spiro atoms. The Bertz CT molecular complexity index is 1090. The fourth-order valence-corrected chi connectivity index (χ4v) is 3.81. The third kappa shape index (κ3) is 2.87. The van der Waals surface area contributed by atoms with Gasteiger partial charge >= 0.3 is 0 Å². The van der Waals surface area contributed by atoms with Gasteiger partial charge in [-0.15, -0.1) is 5.10 Å². The Kier molecular flexibility index (Phi) is 3.88. The van der Waals surface area contributed by atoms with Crippen molar-refractivity contribution in [2.75, 3.05) is 12.4 Å². The van der Waals surface area contributed by atoms with Gasteiger partial charge in [0.05, 0.1) is 7.11 Å². The van der Waals surface area contributed by atoms with E-state index in [4.69, 9.17) is 4.74 Å². The lowest BCUT2D eigenvalue weighted by atomic mass is 9.96. The van der Waals surface area contributed by atoms with Crippen LogP contribution < -0.4 is 10.1 Å². The van der Waals surface area contributed by atoms with Gasteiger partial charge in [-0.25, -0.2) is 14.5 Å². The van der Waals surface area contributed by atoms with Crippen molar-refractivity contribution in [2.24, 2.45) is 0 Å². The highest BCUT2D eigenvalue weighted by molar-refractivity contribution is 5.84. The smallest absolute Gasteiger partial charge is 0.244 e. The van der Waals surface area contributed by atoms with Crippen LogP contribution in [0.5, 0.6) is 5.88 Å². The van der Waals surface area contributed by atoms with Crippen LogP contribution in [0.25, 0.3) is 22.4 Å². The van der Waals surface area contributed by atoms with E-state index in [1.807, 2.05) is 39.8 Å². The molecule has 4 aromatic heterocycles. The summed E-state index contributed by atoms with van der Waals surface area (Å²) < 4.78 is 9.32. The molecule has 4 heterocycles. The highest BCUT2D eigenvalue weighted by Gasteiger charge is 2.18. The molecule has 4 aromatic rings. The Balaban J connectivity index is 1.56. The summed E-state index contributed by atoms with van der Waals surface area (Å²) in [5, 5.41) is 8.12. The minimum Gasteiger partial charge on any atom is -0.479 e. The summed E-state index contributed by atoms with van der Waals surface area (Å²) in [6, 6.07) is 2.44. The maximum Gasteiger partial charge on any atom is 0.244 e. The van der Waals surface area contributed by atoms with E-state index in [1.54, 1.807) is 13.3 Å². The van der Waals surface area contributed by atoms with Gasteiger partial charge in [0.1, 0.15) is 5.52 Å². The fraction of sp³-hybridized carbons (Fsp3) is 0.368. The molecule has 0 radical (unpaired) electrons. The van der Waals surface area contributed by atoms with Crippen molar-refractivity contribution in [1.82, 2.24) is 29.0 Å². The zero-order valence-electron chi connectivity index (χ0n) is 15.2. The van der Waals surface area contributed by atoms with Crippen LogP contribution in [0.3, 0.4) is 0 Å². The Hall–Kier alpha value is -3.16. The second kappa shape index (κ2) is 6.53. The number of anilines is 1. The van der Waals surface area contributed by atoms with Gasteiger partial charge < -0.3 is 10.1 Å². The number of nitrogens with one attached hydrogen (secondary N) is 1. The summed E-state index contributed by atoms with van der Waals surface area (Å²) in [6.07, 6.45) is 15.5. The number of methoxy groups -OCH3 is 1. The molecule has 1 N–H and O–H groups in total. The third-order valence-electron chi connectivity index (χ3n) is 5.17. The topological polar surface area (TPSA) is 81.6 Å². The molecule has 8 heteroatoms. The summed E-state index contributed by atoms with van der Waals surface area (Å²) in [5.74, 6) is 1.83. The predicted octanol–water partition coefficient (Wildman–Crippen LogP) is 3.19. The molecule has 0 bridgehead atoms. The van der Waals surface area contributed by atoms with E-state index in [0.717, 1.165) is 29.5 Å².